The standard InChI is InChI=1S/C20H22BrNS/c1-14-7-9-17(10-8-14)23-18-11-16-13-22(20(18)19(16)21)12-15-5-3-2-4-6-15/h2-10,16,18-20H,11-13H2,1H3. The number of aryl methyl sites for hydroxylation is 1. The Kier molecular flexibility index (Phi) is 4.53. The van der Waals surface area contributed by atoms with E-state index in [2.05, 4.69) is 94.1 Å². The van der Waals surface area contributed by atoms with Gasteiger partial charge in [0, 0.05) is 34.1 Å². The Morgan fingerprint density at radius 3 is 2.52 bits per heavy atom. The first-order chi connectivity index (χ1) is 11.2. The van der Waals surface area contributed by atoms with Crippen molar-refractivity contribution in [1.82, 2.24) is 4.90 Å². The fourth-order valence-electron chi connectivity index (χ4n) is 3.98. The van der Waals surface area contributed by atoms with Crippen molar-refractivity contribution in [3.05, 3.63) is 65.7 Å². The molecule has 2 aromatic rings. The lowest BCUT2D eigenvalue weighted by molar-refractivity contribution is 0.211. The van der Waals surface area contributed by atoms with Gasteiger partial charge in [-0.2, -0.15) is 0 Å². The summed E-state index contributed by atoms with van der Waals surface area (Å²) in [6, 6.07) is 20.5. The number of alkyl halides is 1. The number of thioether (sulfide) groups is 1. The Morgan fingerprint density at radius 2 is 1.83 bits per heavy atom. The summed E-state index contributed by atoms with van der Waals surface area (Å²) < 4.78 is 0. The number of likely N-dealkylation sites (tertiary alicyclic amines) is 1. The van der Waals surface area contributed by atoms with Crippen LogP contribution in [0.15, 0.2) is 59.5 Å². The maximum atomic E-state index is 4.00. The molecule has 2 bridgehead atoms. The van der Waals surface area contributed by atoms with Crippen molar-refractivity contribution in [3.63, 3.8) is 0 Å². The van der Waals surface area contributed by atoms with E-state index in [4.69, 9.17) is 0 Å². The van der Waals surface area contributed by atoms with Crippen molar-refractivity contribution in [3.8, 4) is 0 Å². The topological polar surface area (TPSA) is 3.24 Å². The molecule has 1 saturated carbocycles. The van der Waals surface area contributed by atoms with E-state index in [9.17, 15) is 0 Å². The Labute approximate surface area is 151 Å². The van der Waals surface area contributed by atoms with E-state index in [1.165, 1.54) is 29.0 Å². The van der Waals surface area contributed by atoms with Crippen LogP contribution in [0.4, 0.5) is 0 Å². The fraction of sp³-hybridized carbons (Fsp3) is 0.400. The molecule has 0 amide bonds. The normalized spacial score (nSPS) is 30.0. The minimum absolute atomic E-state index is 0.645. The second-order valence-corrected chi connectivity index (χ2v) is 9.19. The number of nitrogens with zero attached hydrogens (tertiary/aromatic N) is 1. The van der Waals surface area contributed by atoms with Crippen LogP contribution >= 0.6 is 27.7 Å². The number of benzene rings is 2. The van der Waals surface area contributed by atoms with Gasteiger partial charge in [0.25, 0.3) is 0 Å². The Hall–Kier alpha value is -0.770. The van der Waals surface area contributed by atoms with Gasteiger partial charge < -0.3 is 0 Å². The van der Waals surface area contributed by atoms with Gasteiger partial charge in [0.2, 0.25) is 0 Å². The van der Waals surface area contributed by atoms with Crippen LogP contribution < -0.4 is 0 Å². The summed E-state index contributed by atoms with van der Waals surface area (Å²) in [4.78, 5) is 4.75. The van der Waals surface area contributed by atoms with Crippen LogP contribution in [0, 0.1) is 12.8 Å². The van der Waals surface area contributed by atoms with Gasteiger partial charge >= 0.3 is 0 Å². The molecule has 0 aromatic heterocycles. The molecule has 4 unspecified atom stereocenters. The lowest BCUT2D eigenvalue weighted by Gasteiger charge is -2.33. The second-order valence-electron chi connectivity index (χ2n) is 6.82. The van der Waals surface area contributed by atoms with E-state index in [0.717, 1.165) is 12.5 Å². The van der Waals surface area contributed by atoms with Crippen LogP contribution in [0.25, 0.3) is 0 Å². The molecule has 23 heavy (non-hydrogen) atoms. The number of halogens is 1. The molecular weight excluding hydrogens is 366 g/mol. The van der Waals surface area contributed by atoms with Crippen LogP contribution in [-0.2, 0) is 6.54 Å². The molecule has 120 valence electrons. The lowest BCUT2D eigenvalue weighted by Crippen LogP contribution is -2.40. The number of hydrogen-bond donors (Lipinski definition) is 0. The van der Waals surface area contributed by atoms with Crippen molar-refractivity contribution in [2.75, 3.05) is 6.54 Å². The maximum absolute atomic E-state index is 4.00. The molecule has 1 nitrogen and oxygen atoms in total. The van der Waals surface area contributed by atoms with Crippen molar-refractivity contribution in [1.29, 1.82) is 0 Å². The summed E-state index contributed by atoms with van der Waals surface area (Å²) >= 11 is 6.07. The monoisotopic (exact) mass is 387 g/mol. The predicted molar refractivity (Wildman–Crippen MR) is 102 cm³/mol. The summed E-state index contributed by atoms with van der Waals surface area (Å²) in [6.07, 6.45) is 1.34. The van der Waals surface area contributed by atoms with Crippen LogP contribution in [0.2, 0.25) is 0 Å². The van der Waals surface area contributed by atoms with Crippen molar-refractivity contribution in [2.45, 2.75) is 40.9 Å². The van der Waals surface area contributed by atoms with Crippen LogP contribution in [-0.4, -0.2) is 27.6 Å². The molecule has 4 rings (SSSR count). The average molecular weight is 388 g/mol. The number of rotatable bonds is 4. The molecule has 2 fully saturated rings. The molecule has 3 heteroatoms. The van der Waals surface area contributed by atoms with E-state index in [0.29, 0.717) is 16.1 Å². The molecule has 2 aromatic carbocycles. The molecule has 0 spiro atoms. The zero-order valence-electron chi connectivity index (χ0n) is 13.4. The summed E-state index contributed by atoms with van der Waals surface area (Å²) in [5.41, 5.74) is 2.77. The van der Waals surface area contributed by atoms with Gasteiger partial charge in [-0.25, -0.2) is 0 Å². The Bertz CT molecular complexity index is 657. The third-order valence-corrected chi connectivity index (χ3v) is 7.73. The molecule has 0 radical (unpaired) electrons. The molecule has 4 atom stereocenters. The predicted octanol–water partition coefficient (Wildman–Crippen LogP) is 5.12. The highest BCUT2D eigenvalue weighted by Gasteiger charge is 2.51. The molecule has 1 heterocycles. The Morgan fingerprint density at radius 1 is 1.09 bits per heavy atom. The SMILES string of the molecule is Cc1ccc(SC2CC3CN(Cc4ccccc4)C2C3Br)cc1. The third-order valence-electron chi connectivity index (χ3n) is 5.12. The zero-order chi connectivity index (χ0) is 15.8. The Balaban J connectivity index is 1.48. The molecular formula is C20H22BrNS. The number of hydrogen-bond acceptors (Lipinski definition) is 2. The third kappa shape index (κ3) is 3.24. The molecule has 0 N–H and O–H groups in total. The minimum Gasteiger partial charge on any atom is -0.294 e. The summed E-state index contributed by atoms with van der Waals surface area (Å²) in [6.45, 7) is 4.47. The first kappa shape index (κ1) is 15.7. The van der Waals surface area contributed by atoms with Gasteiger partial charge in [0.05, 0.1) is 0 Å². The van der Waals surface area contributed by atoms with E-state index in [1.54, 1.807) is 0 Å². The van der Waals surface area contributed by atoms with Gasteiger partial charge in [-0.1, -0.05) is 64.0 Å². The average Bonchev–Trinajstić information content (AvgIpc) is 3.02. The van der Waals surface area contributed by atoms with E-state index >= 15 is 0 Å². The molecule has 1 saturated heterocycles. The first-order valence-electron chi connectivity index (χ1n) is 8.36. The summed E-state index contributed by atoms with van der Waals surface area (Å²) in [5, 5.41) is 0.699. The fourth-order valence-corrected chi connectivity index (χ4v) is 6.74. The second kappa shape index (κ2) is 6.62. The van der Waals surface area contributed by atoms with Crippen molar-refractivity contribution in [2.24, 2.45) is 5.92 Å². The van der Waals surface area contributed by atoms with Crippen LogP contribution in [0.3, 0.4) is 0 Å². The van der Waals surface area contributed by atoms with Crippen molar-refractivity contribution >= 4 is 27.7 Å². The van der Waals surface area contributed by atoms with Gasteiger partial charge in [0.1, 0.15) is 0 Å². The lowest BCUT2D eigenvalue weighted by atomic mass is 10.1. The maximum Gasteiger partial charge on any atom is 0.0353 e. The number of piperidine rings is 1. The summed E-state index contributed by atoms with van der Waals surface area (Å²) in [7, 11) is 0. The largest absolute Gasteiger partial charge is 0.294 e. The molecule has 1 aliphatic carbocycles. The highest BCUT2D eigenvalue weighted by atomic mass is 79.9. The van der Waals surface area contributed by atoms with Crippen LogP contribution in [0.1, 0.15) is 17.5 Å². The van der Waals surface area contributed by atoms with Gasteiger partial charge in [-0.15, -0.1) is 11.8 Å². The molecule has 1 aliphatic heterocycles. The first-order valence-corrected chi connectivity index (χ1v) is 10.2. The minimum atomic E-state index is 0.645. The summed E-state index contributed by atoms with van der Waals surface area (Å²) in [5.74, 6) is 0.798. The quantitative estimate of drug-likeness (QED) is 0.669. The highest BCUT2D eigenvalue weighted by molar-refractivity contribution is 9.09. The van der Waals surface area contributed by atoms with E-state index in [1.807, 2.05) is 0 Å². The van der Waals surface area contributed by atoms with E-state index < -0.39 is 0 Å². The number of fused-ring (bicyclic) bond motifs is 2. The van der Waals surface area contributed by atoms with E-state index in [-0.39, 0.29) is 0 Å². The van der Waals surface area contributed by atoms with Crippen molar-refractivity contribution < 1.29 is 0 Å². The smallest absolute Gasteiger partial charge is 0.0353 e. The zero-order valence-corrected chi connectivity index (χ0v) is 15.8. The van der Waals surface area contributed by atoms with Gasteiger partial charge in [-0.3, -0.25) is 4.90 Å². The molecule has 2 aliphatic rings. The van der Waals surface area contributed by atoms with Gasteiger partial charge in [0.15, 0.2) is 0 Å². The highest BCUT2D eigenvalue weighted by Crippen LogP contribution is 2.49. The van der Waals surface area contributed by atoms with Gasteiger partial charge in [-0.05, 0) is 37.0 Å². The van der Waals surface area contributed by atoms with Crippen LogP contribution in [0.5, 0.6) is 0 Å².